The van der Waals surface area contributed by atoms with Crippen LogP contribution in [0, 0.1) is 13.8 Å². The molecular weight excluding hydrogens is 312 g/mol. The largest absolute Gasteiger partial charge is 0.347 e. The normalized spacial score (nSPS) is 14.3. The van der Waals surface area contributed by atoms with E-state index >= 15 is 0 Å². The summed E-state index contributed by atoms with van der Waals surface area (Å²) in [4.78, 5) is 34.9. The molecule has 3 heterocycles. The molecule has 0 spiro atoms. The minimum absolute atomic E-state index is 0.106. The minimum atomic E-state index is -0.122. The number of aromatic nitrogens is 2. The fraction of sp³-hybridized carbons (Fsp3) is 0.375. The monoisotopic (exact) mass is 330 g/mol. The van der Waals surface area contributed by atoms with Gasteiger partial charge in [0.2, 0.25) is 5.91 Å². The van der Waals surface area contributed by atoms with Crippen LogP contribution < -0.4 is 10.2 Å². The Kier molecular flexibility index (Phi) is 4.38. The summed E-state index contributed by atoms with van der Waals surface area (Å²) in [7, 11) is 0. The summed E-state index contributed by atoms with van der Waals surface area (Å²) >= 11 is 1.39. The molecule has 2 aromatic rings. The van der Waals surface area contributed by atoms with Crippen molar-refractivity contribution in [1.29, 1.82) is 0 Å². The van der Waals surface area contributed by atoms with Crippen LogP contribution in [-0.2, 0) is 11.3 Å². The molecule has 7 heteroatoms. The van der Waals surface area contributed by atoms with Crippen molar-refractivity contribution in [2.24, 2.45) is 0 Å². The molecule has 0 radical (unpaired) electrons. The molecule has 1 fully saturated rings. The van der Waals surface area contributed by atoms with Gasteiger partial charge in [-0.05, 0) is 38.0 Å². The highest BCUT2D eigenvalue weighted by atomic mass is 32.1. The number of aryl methyl sites for hydroxylation is 2. The number of hydrogen-bond acceptors (Lipinski definition) is 5. The van der Waals surface area contributed by atoms with Crippen molar-refractivity contribution < 1.29 is 9.59 Å². The quantitative estimate of drug-likeness (QED) is 0.932. The summed E-state index contributed by atoms with van der Waals surface area (Å²) < 4.78 is 0. The third-order valence-corrected chi connectivity index (χ3v) is 4.79. The SMILES string of the molecule is Cc1nc(C)c(C(=O)NCc2ccnc(N3CCCC3=O)c2)s1. The zero-order valence-electron chi connectivity index (χ0n) is 13.1. The Bertz CT molecular complexity index is 756. The Morgan fingerprint density at radius 3 is 2.91 bits per heavy atom. The number of amides is 2. The van der Waals surface area contributed by atoms with Crippen molar-refractivity contribution in [3.63, 3.8) is 0 Å². The van der Waals surface area contributed by atoms with Gasteiger partial charge in [-0.1, -0.05) is 0 Å². The molecule has 120 valence electrons. The minimum Gasteiger partial charge on any atom is -0.347 e. The van der Waals surface area contributed by atoms with Crippen LogP contribution >= 0.6 is 11.3 Å². The molecule has 0 unspecified atom stereocenters. The average molecular weight is 330 g/mol. The molecule has 0 aliphatic carbocycles. The predicted octanol–water partition coefficient (Wildman–Crippen LogP) is 2.21. The summed E-state index contributed by atoms with van der Waals surface area (Å²) in [6.45, 7) is 4.83. The van der Waals surface area contributed by atoms with E-state index in [9.17, 15) is 9.59 Å². The number of anilines is 1. The van der Waals surface area contributed by atoms with Crippen molar-refractivity contribution >= 4 is 29.0 Å². The van der Waals surface area contributed by atoms with E-state index < -0.39 is 0 Å². The first-order valence-corrected chi connectivity index (χ1v) is 8.34. The summed E-state index contributed by atoms with van der Waals surface area (Å²) in [6.07, 6.45) is 3.11. The van der Waals surface area contributed by atoms with Gasteiger partial charge in [-0.2, -0.15) is 0 Å². The molecule has 2 aromatic heterocycles. The second kappa shape index (κ2) is 6.45. The van der Waals surface area contributed by atoms with Crippen LogP contribution in [0.25, 0.3) is 0 Å². The Morgan fingerprint density at radius 2 is 2.26 bits per heavy atom. The van der Waals surface area contributed by atoms with Gasteiger partial charge in [-0.15, -0.1) is 11.3 Å². The highest BCUT2D eigenvalue weighted by Gasteiger charge is 2.22. The van der Waals surface area contributed by atoms with Gasteiger partial charge < -0.3 is 5.32 Å². The third-order valence-electron chi connectivity index (χ3n) is 3.72. The number of pyridine rings is 1. The second-order valence-electron chi connectivity index (χ2n) is 5.50. The first-order valence-electron chi connectivity index (χ1n) is 7.52. The van der Waals surface area contributed by atoms with Crippen molar-refractivity contribution in [2.45, 2.75) is 33.2 Å². The van der Waals surface area contributed by atoms with E-state index in [2.05, 4.69) is 15.3 Å². The van der Waals surface area contributed by atoms with Gasteiger partial charge in [0.05, 0.1) is 10.7 Å². The number of hydrogen-bond donors (Lipinski definition) is 1. The molecule has 1 N–H and O–H groups in total. The van der Waals surface area contributed by atoms with E-state index in [1.54, 1.807) is 11.1 Å². The number of carbonyl (C=O) groups excluding carboxylic acids is 2. The molecular formula is C16H18N4O2S. The standard InChI is InChI=1S/C16H18N4O2S/c1-10-15(23-11(2)19-10)16(22)18-9-12-5-6-17-13(8-12)20-7-3-4-14(20)21/h5-6,8H,3-4,7,9H2,1-2H3,(H,18,22). The van der Waals surface area contributed by atoms with Crippen molar-refractivity contribution in [3.05, 3.63) is 39.5 Å². The number of carbonyl (C=O) groups is 2. The van der Waals surface area contributed by atoms with E-state index in [1.807, 2.05) is 26.0 Å². The van der Waals surface area contributed by atoms with E-state index in [-0.39, 0.29) is 11.8 Å². The van der Waals surface area contributed by atoms with Crippen LogP contribution in [0.3, 0.4) is 0 Å². The van der Waals surface area contributed by atoms with Crippen LogP contribution in [-0.4, -0.2) is 28.3 Å². The molecule has 1 aliphatic heterocycles. The van der Waals surface area contributed by atoms with E-state index in [0.717, 1.165) is 22.7 Å². The van der Waals surface area contributed by atoms with Crippen molar-refractivity contribution in [3.8, 4) is 0 Å². The van der Waals surface area contributed by atoms with Crippen molar-refractivity contribution in [1.82, 2.24) is 15.3 Å². The van der Waals surface area contributed by atoms with Gasteiger partial charge in [0, 0.05) is 25.7 Å². The Labute approximate surface area is 138 Å². The lowest BCUT2D eigenvalue weighted by molar-refractivity contribution is -0.117. The van der Waals surface area contributed by atoms with Gasteiger partial charge >= 0.3 is 0 Å². The van der Waals surface area contributed by atoms with E-state index in [1.165, 1.54) is 11.3 Å². The lowest BCUT2D eigenvalue weighted by atomic mass is 10.2. The summed E-state index contributed by atoms with van der Waals surface area (Å²) in [5.41, 5.74) is 1.67. The van der Waals surface area contributed by atoms with Crippen LogP contribution in [0.2, 0.25) is 0 Å². The van der Waals surface area contributed by atoms with Gasteiger partial charge in [0.25, 0.3) is 5.91 Å². The Morgan fingerprint density at radius 1 is 1.43 bits per heavy atom. The maximum absolute atomic E-state index is 12.2. The first kappa shape index (κ1) is 15.6. The molecule has 0 bridgehead atoms. The highest BCUT2D eigenvalue weighted by molar-refractivity contribution is 7.13. The maximum atomic E-state index is 12.2. The molecule has 1 aliphatic rings. The van der Waals surface area contributed by atoms with E-state index in [4.69, 9.17) is 0 Å². The van der Waals surface area contributed by atoms with Crippen LogP contribution in [0.4, 0.5) is 5.82 Å². The molecule has 3 rings (SSSR count). The molecule has 23 heavy (non-hydrogen) atoms. The van der Waals surface area contributed by atoms with Crippen molar-refractivity contribution in [2.75, 3.05) is 11.4 Å². The van der Waals surface area contributed by atoms with E-state index in [0.29, 0.717) is 30.2 Å². The zero-order chi connectivity index (χ0) is 16.4. The molecule has 0 aromatic carbocycles. The fourth-order valence-corrected chi connectivity index (χ4v) is 3.45. The molecule has 6 nitrogen and oxygen atoms in total. The van der Waals surface area contributed by atoms with Crippen LogP contribution in [0.5, 0.6) is 0 Å². The maximum Gasteiger partial charge on any atom is 0.263 e. The lowest BCUT2D eigenvalue weighted by Crippen LogP contribution is -2.26. The smallest absolute Gasteiger partial charge is 0.263 e. The van der Waals surface area contributed by atoms with Gasteiger partial charge in [0.1, 0.15) is 10.7 Å². The number of thiazole rings is 1. The average Bonchev–Trinajstić information content (AvgIpc) is 3.10. The third kappa shape index (κ3) is 3.39. The fourth-order valence-electron chi connectivity index (χ4n) is 2.61. The topological polar surface area (TPSA) is 75.2 Å². The lowest BCUT2D eigenvalue weighted by Gasteiger charge is -2.15. The zero-order valence-corrected chi connectivity index (χ0v) is 13.9. The molecule has 0 atom stereocenters. The number of rotatable bonds is 4. The summed E-state index contributed by atoms with van der Waals surface area (Å²) in [6, 6.07) is 3.70. The number of nitrogens with one attached hydrogen (secondary N) is 1. The summed E-state index contributed by atoms with van der Waals surface area (Å²) in [5.74, 6) is 0.641. The molecule has 0 saturated carbocycles. The summed E-state index contributed by atoms with van der Waals surface area (Å²) in [5, 5.41) is 3.78. The highest BCUT2D eigenvalue weighted by Crippen LogP contribution is 2.20. The number of nitrogens with zero attached hydrogens (tertiary/aromatic N) is 3. The van der Waals surface area contributed by atoms with Crippen LogP contribution in [0.1, 0.15) is 38.8 Å². The van der Waals surface area contributed by atoms with Crippen LogP contribution in [0.15, 0.2) is 18.3 Å². The predicted molar refractivity (Wildman–Crippen MR) is 88.6 cm³/mol. The van der Waals surface area contributed by atoms with Gasteiger partial charge in [-0.25, -0.2) is 9.97 Å². The molecule has 2 amide bonds. The van der Waals surface area contributed by atoms with Gasteiger partial charge in [0.15, 0.2) is 0 Å². The molecule has 1 saturated heterocycles. The Balaban J connectivity index is 1.68. The van der Waals surface area contributed by atoms with Gasteiger partial charge in [-0.3, -0.25) is 14.5 Å². The Hall–Kier alpha value is -2.28. The first-order chi connectivity index (χ1) is 11.0. The second-order valence-corrected chi connectivity index (χ2v) is 6.70.